The van der Waals surface area contributed by atoms with Gasteiger partial charge in [0, 0.05) is 18.3 Å². The summed E-state index contributed by atoms with van der Waals surface area (Å²) in [4.78, 5) is 28.9. The number of amides is 2. The van der Waals surface area contributed by atoms with Crippen molar-refractivity contribution >= 4 is 29.0 Å². The minimum Gasteiger partial charge on any atom is -0.361 e. The SMILES string of the molecule is NC(=O)C(=O)Nc1cnn2ccc(N3CCCC3c3cc(F)ccc3F)nc12. The topological polar surface area (TPSA) is 106 Å². The molecule has 1 aliphatic heterocycles. The summed E-state index contributed by atoms with van der Waals surface area (Å²) >= 11 is 0. The van der Waals surface area contributed by atoms with Crippen molar-refractivity contribution in [1.29, 1.82) is 0 Å². The first-order valence-electron chi connectivity index (χ1n) is 8.61. The fourth-order valence-corrected chi connectivity index (χ4v) is 3.43. The van der Waals surface area contributed by atoms with Gasteiger partial charge in [0.15, 0.2) is 5.65 Å². The van der Waals surface area contributed by atoms with Crippen molar-refractivity contribution in [3.05, 3.63) is 53.9 Å². The zero-order valence-corrected chi connectivity index (χ0v) is 14.6. The lowest BCUT2D eigenvalue weighted by molar-refractivity contribution is -0.134. The molecule has 10 heteroatoms. The molecule has 2 amide bonds. The second-order valence-corrected chi connectivity index (χ2v) is 6.45. The van der Waals surface area contributed by atoms with Crippen LogP contribution < -0.4 is 16.0 Å². The van der Waals surface area contributed by atoms with Gasteiger partial charge in [-0.15, -0.1) is 0 Å². The van der Waals surface area contributed by atoms with Crippen molar-refractivity contribution in [2.75, 3.05) is 16.8 Å². The third-order valence-electron chi connectivity index (χ3n) is 4.69. The van der Waals surface area contributed by atoms with E-state index in [4.69, 9.17) is 5.73 Å². The maximum atomic E-state index is 14.3. The van der Waals surface area contributed by atoms with E-state index in [0.29, 0.717) is 24.4 Å². The summed E-state index contributed by atoms with van der Waals surface area (Å²) in [5.41, 5.74) is 5.76. The summed E-state index contributed by atoms with van der Waals surface area (Å²) in [6.45, 7) is 0.612. The molecule has 4 rings (SSSR count). The molecule has 0 bridgehead atoms. The molecule has 1 atom stereocenters. The Hall–Kier alpha value is -3.56. The van der Waals surface area contributed by atoms with Gasteiger partial charge in [0.1, 0.15) is 23.1 Å². The molecule has 144 valence electrons. The minimum atomic E-state index is -1.13. The fraction of sp³-hybridized carbons (Fsp3) is 0.222. The number of anilines is 2. The molecular formula is C18H16F2N6O2. The molecule has 3 heterocycles. The molecule has 2 aromatic heterocycles. The standard InChI is InChI=1S/C18H16F2N6O2/c19-10-3-4-12(20)11(8-10)14-2-1-6-25(14)15-5-7-26-17(24-15)13(9-22-26)23-18(28)16(21)27/h3-5,7-9,14H,1-2,6H2,(H2,21,27)(H,23,28). The Morgan fingerprint density at radius 3 is 2.86 bits per heavy atom. The molecule has 1 aromatic carbocycles. The fourth-order valence-electron chi connectivity index (χ4n) is 3.43. The molecule has 0 spiro atoms. The Morgan fingerprint density at radius 2 is 2.07 bits per heavy atom. The number of fused-ring (bicyclic) bond motifs is 1. The number of carbonyl (C=O) groups is 2. The number of aromatic nitrogens is 3. The predicted octanol–water partition coefficient (Wildman–Crippen LogP) is 1.77. The molecule has 1 fully saturated rings. The summed E-state index contributed by atoms with van der Waals surface area (Å²) in [6.07, 6.45) is 4.42. The van der Waals surface area contributed by atoms with Gasteiger partial charge >= 0.3 is 11.8 Å². The number of hydrogen-bond acceptors (Lipinski definition) is 5. The van der Waals surface area contributed by atoms with Crippen molar-refractivity contribution in [1.82, 2.24) is 14.6 Å². The van der Waals surface area contributed by atoms with Crippen molar-refractivity contribution in [3.8, 4) is 0 Å². The largest absolute Gasteiger partial charge is 0.361 e. The number of nitrogens with one attached hydrogen (secondary N) is 1. The van der Waals surface area contributed by atoms with E-state index in [1.165, 1.54) is 16.8 Å². The highest BCUT2D eigenvalue weighted by Crippen LogP contribution is 2.37. The summed E-state index contributed by atoms with van der Waals surface area (Å²) in [6, 6.07) is 4.75. The van der Waals surface area contributed by atoms with Crippen LogP contribution in [0.15, 0.2) is 36.7 Å². The van der Waals surface area contributed by atoms with Gasteiger partial charge < -0.3 is 16.0 Å². The van der Waals surface area contributed by atoms with Gasteiger partial charge in [-0.1, -0.05) is 0 Å². The summed E-state index contributed by atoms with van der Waals surface area (Å²) < 4.78 is 29.3. The molecule has 0 radical (unpaired) electrons. The van der Waals surface area contributed by atoms with E-state index in [-0.39, 0.29) is 17.3 Å². The maximum Gasteiger partial charge on any atom is 0.313 e. The van der Waals surface area contributed by atoms with E-state index in [1.807, 2.05) is 4.90 Å². The van der Waals surface area contributed by atoms with Crippen molar-refractivity contribution in [2.24, 2.45) is 5.73 Å². The van der Waals surface area contributed by atoms with Gasteiger partial charge in [0.25, 0.3) is 0 Å². The van der Waals surface area contributed by atoms with Crippen LogP contribution in [0.1, 0.15) is 24.4 Å². The molecule has 3 aromatic rings. The highest BCUT2D eigenvalue weighted by atomic mass is 19.1. The lowest BCUT2D eigenvalue weighted by atomic mass is 10.0. The Balaban J connectivity index is 1.70. The minimum absolute atomic E-state index is 0.221. The predicted molar refractivity (Wildman–Crippen MR) is 96.5 cm³/mol. The quantitative estimate of drug-likeness (QED) is 0.668. The number of nitrogens with zero attached hydrogens (tertiary/aromatic N) is 4. The van der Waals surface area contributed by atoms with Gasteiger partial charge in [-0.25, -0.2) is 18.3 Å². The molecule has 1 saturated heterocycles. The second-order valence-electron chi connectivity index (χ2n) is 6.45. The van der Waals surface area contributed by atoms with Gasteiger partial charge in [-0.05, 0) is 37.1 Å². The van der Waals surface area contributed by atoms with E-state index in [0.717, 1.165) is 18.6 Å². The van der Waals surface area contributed by atoms with Crippen molar-refractivity contribution < 1.29 is 18.4 Å². The number of carbonyl (C=O) groups excluding carboxylic acids is 2. The lowest BCUT2D eigenvalue weighted by Crippen LogP contribution is -2.29. The van der Waals surface area contributed by atoms with E-state index < -0.39 is 23.4 Å². The number of primary amides is 1. The lowest BCUT2D eigenvalue weighted by Gasteiger charge is -2.26. The number of hydrogen-bond donors (Lipinski definition) is 2. The van der Waals surface area contributed by atoms with Crippen molar-refractivity contribution in [3.63, 3.8) is 0 Å². The zero-order chi connectivity index (χ0) is 19.8. The van der Waals surface area contributed by atoms with Crippen LogP contribution in [0.5, 0.6) is 0 Å². The molecule has 0 saturated carbocycles. The van der Waals surface area contributed by atoms with Crippen LogP contribution in [-0.4, -0.2) is 33.0 Å². The highest BCUT2D eigenvalue weighted by molar-refractivity contribution is 6.39. The first-order valence-corrected chi connectivity index (χ1v) is 8.61. The van der Waals surface area contributed by atoms with Gasteiger partial charge in [-0.3, -0.25) is 9.59 Å². The average Bonchev–Trinajstić information content (AvgIpc) is 3.30. The zero-order valence-electron chi connectivity index (χ0n) is 14.6. The number of halogens is 2. The molecule has 8 nitrogen and oxygen atoms in total. The van der Waals surface area contributed by atoms with E-state index in [2.05, 4.69) is 15.4 Å². The van der Waals surface area contributed by atoms with Crippen LogP contribution in [-0.2, 0) is 9.59 Å². The van der Waals surface area contributed by atoms with Gasteiger partial charge in [-0.2, -0.15) is 5.10 Å². The molecular weight excluding hydrogens is 370 g/mol. The summed E-state index contributed by atoms with van der Waals surface area (Å²) in [5.74, 6) is -2.56. The molecule has 1 unspecified atom stereocenters. The first kappa shape index (κ1) is 17.8. The van der Waals surface area contributed by atoms with Crippen LogP contribution in [0.3, 0.4) is 0 Å². The molecule has 28 heavy (non-hydrogen) atoms. The van der Waals surface area contributed by atoms with Gasteiger partial charge in [0.05, 0.1) is 12.2 Å². The van der Waals surface area contributed by atoms with E-state index in [9.17, 15) is 18.4 Å². The summed E-state index contributed by atoms with van der Waals surface area (Å²) in [5, 5.41) is 6.42. The summed E-state index contributed by atoms with van der Waals surface area (Å²) in [7, 11) is 0. The Kier molecular flexibility index (Phi) is 4.38. The van der Waals surface area contributed by atoms with E-state index >= 15 is 0 Å². The van der Waals surface area contributed by atoms with Crippen LogP contribution in [0, 0.1) is 11.6 Å². The normalized spacial score (nSPS) is 16.5. The number of nitrogens with two attached hydrogens (primary N) is 1. The Labute approximate surface area is 158 Å². The third-order valence-corrected chi connectivity index (χ3v) is 4.69. The smallest absolute Gasteiger partial charge is 0.313 e. The van der Waals surface area contributed by atoms with Crippen LogP contribution in [0.4, 0.5) is 20.3 Å². The second kappa shape index (κ2) is 6.87. The van der Waals surface area contributed by atoms with Gasteiger partial charge in [0.2, 0.25) is 0 Å². The first-order chi connectivity index (χ1) is 13.4. The average molecular weight is 386 g/mol. The van der Waals surface area contributed by atoms with Crippen molar-refractivity contribution in [2.45, 2.75) is 18.9 Å². The molecule has 0 aliphatic carbocycles. The maximum absolute atomic E-state index is 14.3. The van der Waals surface area contributed by atoms with Crippen LogP contribution >= 0.6 is 0 Å². The highest BCUT2D eigenvalue weighted by Gasteiger charge is 2.30. The molecule has 3 N–H and O–H groups in total. The van der Waals surface area contributed by atoms with E-state index in [1.54, 1.807) is 12.3 Å². The Bertz CT molecular complexity index is 1080. The number of rotatable bonds is 3. The molecule has 1 aliphatic rings. The third kappa shape index (κ3) is 3.13. The monoisotopic (exact) mass is 386 g/mol. The van der Waals surface area contributed by atoms with Crippen LogP contribution in [0.2, 0.25) is 0 Å². The number of benzene rings is 1. The van der Waals surface area contributed by atoms with Crippen LogP contribution in [0.25, 0.3) is 5.65 Å². The Morgan fingerprint density at radius 1 is 1.25 bits per heavy atom.